The van der Waals surface area contributed by atoms with Crippen molar-refractivity contribution in [2.24, 2.45) is 0 Å². The molecule has 3 rings (SSSR count). The molecule has 0 spiro atoms. The number of halogens is 1. The van der Waals surface area contributed by atoms with Gasteiger partial charge in [0.1, 0.15) is 5.69 Å². The zero-order valence-electron chi connectivity index (χ0n) is 12.5. The Morgan fingerprint density at radius 1 is 1.13 bits per heavy atom. The Hall–Kier alpha value is -2.59. The number of aromatic nitrogens is 1. The lowest BCUT2D eigenvalue weighted by Gasteiger charge is -2.03. The standard InChI is InChI=1S/C18H15ClN2O2/c1-12-2-4-14(5-3-12)18(22)20-11-16-10-17(23-21-16)13-6-8-15(19)9-7-13/h2-10H,11H2,1H3,(H,20,22). The topological polar surface area (TPSA) is 55.1 Å². The number of hydrogen-bond donors (Lipinski definition) is 1. The van der Waals surface area contributed by atoms with Gasteiger partial charge in [-0.3, -0.25) is 4.79 Å². The molecule has 2 aromatic carbocycles. The summed E-state index contributed by atoms with van der Waals surface area (Å²) in [5, 5.41) is 7.46. The van der Waals surface area contributed by atoms with E-state index >= 15 is 0 Å². The molecule has 0 fully saturated rings. The molecule has 0 aliphatic rings. The number of carbonyl (C=O) groups excluding carboxylic acids is 1. The smallest absolute Gasteiger partial charge is 0.251 e. The number of benzene rings is 2. The van der Waals surface area contributed by atoms with Gasteiger partial charge in [0.15, 0.2) is 5.76 Å². The van der Waals surface area contributed by atoms with Crippen molar-refractivity contribution in [3.63, 3.8) is 0 Å². The van der Waals surface area contributed by atoms with E-state index in [0.29, 0.717) is 28.6 Å². The third-order valence-corrected chi connectivity index (χ3v) is 3.68. The molecule has 0 aliphatic carbocycles. The van der Waals surface area contributed by atoms with Gasteiger partial charge in [-0.05, 0) is 43.3 Å². The summed E-state index contributed by atoms with van der Waals surface area (Å²) in [7, 11) is 0. The van der Waals surface area contributed by atoms with Crippen molar-refractivity contribution in [2.45, 2.75) is 13.5 Å². The lowest BCUT2D eigenvalue weighted by atomic mass is 10.1. The van der Waals surface area contributed by atoms with E-state index in [1.165, 1.54) is 0 Å². The zero-order valence-corrected chi connectivity index (χ0v) is 13.3. The second-order valence-corrected chi connectivity index (χ2v) is 5.67. The average Bonchev–Trinajstić information content (AvgIpc) is 3.03. The van der Waals surface area contributed by atoms with Crippen LogP contribution in [0.2, 0.25) is 5.02 Å². The van der Waals surface area contributed by atoms with E-state index in [9.17, 15) is 4.79 Å². The molecule has 5 heteroatoms. The van der Waals surface area contributed by atoms with E-state index in [4.69, 9.17) is 16.1 Å². The van der Waals surface area contributed by atoms with Crippen LogP contribution in [-0.4, -0.2) is 11.1 Å². The first-order valence-corrected chi connectivity index (χ1v) is 7.56. The van der Waals surface area contributed by atoms with Gasteiger partial charge >= 0.3 is 0 Å². The summed E-state index contributed by atoms with van der Waals surface area (Å²) in [5.41, 5.74) is 3.29. The fourth-order valence-corrected chi connectivity index (χ4v) is 2.25. The number of hydrogen-bond acceptors (Lipinski definition) is 3. The normalized spacial score (nSPS) is 10.5. The van der Waals surface area contributed by atoms with Crippen LogP contribution in [0.25, 0.3) is 11.3 Å². The minimum Gasteiger partial charge on any atom is -0.356 e. The average molecular weight is 327 g/mol. The Bertz CT molecular complexity index is 808. The van der Waals surface area contributed by atoms with Crippen molar-refractivity contribution in [3.8, 4) is 11.3 Å². The van der Waals surface area contributed by atoms with Crippen molar-refractivity contribution in [3.05, 3.63) is 76.4 Å². The number of carbonyl (C=O) groups is 1. The van der Waals surface area contributed by atoms with Gasteiger partial charge in [0.05, 0.1) is 6.54 Å². The van der Waals surface area contributed by atoms with Gasteiger partial charge in [-0.15, -0.1) is 0 Å². The highest BCUT2D eigenvalue weighted by atomic mass is 35.5. The largest absolute Gasteiger partial charge is 0.356 e. The second-order valence-electron chi connectivity index (χ2n) is 5.24. The first-order chi connectivity index (χ1) is 11.1. The summed E-state index contributed by atoms with van der Waals surface area (Å²) in [6, 6.07) is 16.5. The Morgan fingerprint density at radius 3 is 2.52 bits per heavy atom. The first-order valence-electron chi connectivity index (χ1n) is 7.18. The molecule has 0 saturated carbocycles. The van der Waals surface area contributed by atoms with E-state index in [1.54, 1.807) is 30.3 Å². The van der Waals surface area contributed by atoms with Gasteiger partial charge in [-0.25, -0.2) is 0 Å². The highest BCUT2D eigenvalue weighted by molar-refractivity contribution is 6.30. The number of nitrogens with zero attached hydrogens (tertiary/aromatic N) is 1. The molecule has 0 radical (unpaired) electrons. The van der Waals surface area contributed by atoms with E-state index in [1.807, 2.05) is 31.2 Å². The molecule has 1 aromatic heterocycles. The molecule has 0 atom stereocenters. The van der Waals surface area contributed by atoms with Gasteiger partial charge in [-0.2, -0.15) is 0 Å². The summed E-state index contributed by atoms with van der Waals surface area (Å²) in [6.45, 7) is 2.29. The zero-order chi connectivity index (χ0) is 16.2. The van der Waals surface area contributed by atoms with Gasteiger partial charge < -0.3 is 9.84 Å². The maximum atomic E-state index is 12.1. The third-order valence-electron chi connectivity index (χ3n) is 3.43. The number of nitrogens with one attached hydrogen (secondary N) is 1. The SMILES string of the molecule is Cc1ccc(C(=O)NCc2cc(-c3ccc(Cl)cc3)on2)cc1. The van der Waals surface area contributed by atoms with Crippen molar-refractivity contribution in [1.82, 2.24) is 10.5 Å². The number of amides is 1. The van der Waals surface area contributed by atoms with Gasteiger partial charge in [0.25, 0.3) is 5.91 Å². The molecule has 0 saturated heterocycles. The van der Waals surface area contributed by atoms with Gasteiger partial charge in [0, 0.05) is 22.2 Å². The quantitative estimate of drug-likeness (QED) is 0.780. The van der Waals surface area contributed by atoms with Crippen LogP contribution >= 0.6 is 11.6 Å². The second kappa shape index (κ2) is 6.67. The monoisotopic (exact) mass is 326 g/mol. The van der Waals surface area contributed by atoms with Crippen molar-refractivity contribution in [2.75, 3.05) is 0 Å². The maximum absolute atomic E-state index is 12.1. The van der Waals surface area contributed by atoms with Crippen LogP contribution < -0.4 is 5.32 Å². The minimum absolute atomic E-state index is 0.138. The van der Waals surface area contributed by atoms with Crippen LogP contribution in [0.5, 0.6) is 0 Å². The highest BCUT2D eigenvalue weighted by Crippen LogP contribution is 2.22. The van der Waals surface area contributed by atoms with Crippen LogP contribution in [0.3, 0.4) is 0 Å². The Kier molecular flexibility index (Phi) is 4.44. The molecule has 1 N–H and O–H groups in total. The molecule has 0 aliphatic heterocycles. The van der Waals surface area contributed by atoms with Crippen LogP contribution in [0, 0.1) is 6.92 Å². The summed E-state index contributed by atoms with van der Waals surface area (Å²) in [6.07, 6.45) is 0. The van der Waals surface area contributed by atoms with Crippen LogP contribution in [-0.2, 0) is 6.54 Å². The van der Waals surface area contributed by atoms with Crippen LogP contribution in [0.15, 0.2) is 59.1 Å². The molecular formula is C18H15ClN2O2. The lowest BCUT2D eigenvalue weighted by molar-refractivity contribution is 0.0950. The molecule has 116 valence electrons. The Morgan fingerprint density at radius 2 is 1.83 bits per heavy atom. The molecule has 4 nitrogen and oxygen atoms in total. The highest BCUT2D eigenvalue weighted by Gasteiger charge is 2.09. The number of aryl methyl sites for hydroxylation is 1. The fourth-order valence-electron chi connectivity index (χ4n) is 2.12. The maximum Gasteiger partial charge on any atom is 0.251 e. The lowest BCUT2D eigenvalue weighted by Crippen LogP contribution is -2.22. The molecule has 0 bridgehead atoms. The molecule has 0 unspecified atom stereocenters. The number of rotatable bonds is 4. The van der Waals surface area contributed by atoms with E-state index in [-0.39, 0.29) is 5.91 Å². The Balaban J connectivity index is 1.64. The Labute approximate surface area is 139 Å². The summed E-state index contributed by atoms with van der Waals surface area (Å²) >= 11 is 5.86. The van der Waals surface area contributed by atoms with Crippen molar-refractivity contribution in [1.29, 1.82) is 0 Å². The van der Waals surface area contributed by atoms with Crippen LogP contribution in [0.4, 0.5) is 0 Å². The molecule has 3 aromatic rings. The molecule has 23 heavy (non-hydrogen) atoms. The van der Waals surface area contributed by atoms with E-state index in [2.05, 4.69) is 10.5 Å². The predicted octanol–water partition coefficient (Wildman–Crippen LogP) is 4.23. The van der Waals surface area contributed by atoms with Gasteiger partial charge in [0.2, 0.25) is 0 Å². The van der Waals surface area contributed by atoms with Crippen LogP contribution in [0.1, 0.15) is 21.6 Å². The van der Waals surface area contributed by atoms with Crippen molar-refractivity contribution < 1.29 is 9.32 Å². The molecule has 1 amide bonds. The summed E-state index contributed by atoms with van der Waals surface area (Å²) < 4.78 is 5.30. The van der Waals surface area contributed by atoms with Crippen molar-refractivity contribution >= 4 is 17.5 Å². The van der Waals surface area contributed by atoms with E-state index < -0.39 is 0 Å². The third kappa shape index (κ3) is 3.79. The van der Waals surface area contributed by atoms with Gasteiger partial charge in [-0.1, -0.05) is 34.5 Å². The summed E-state index contributed by atoms with van der Waals surface area (Å²) in [5.74, 6) is 0.502. The van der Waals surface area contributed by atoms with E-state index in [0.717, 1.165) is 11.1 Å². The first kappa shape index (κ1) is 15.3. The minimum atomic E-state index is -0.138. The molecular weight excluding hydrogens is 312 g/mol. The molecule has 1 heterocycles. The predicted molar refractivity (Wildman–Crippen MR) is 89.3 cm³/mol. The summed E-state index contributed by atoms with van der Waals surface area (Å²) in [4.78, 5) is 12.1. The fraction of sp³-hybridized carbons (Fsp3) is 0.111.